The lowest BCUT2D eigenvalue weighted by Gasteiger charge is -2.15. The van der Waals surface area contributed by atoms with Crippen molar-refractivity contribution in [2.45, 2.75) is 148 Å². The lowest BCUT2D eigenvalue weighted by molar-refractivity contribution is -0.0437. The number of aliphatic hydroxyl groups is 1. The molecule has 0 aliphatic heterocycles. The Morgan fingerprint density at radius 3 is 1.26 bits per heavy atom. The summed E-state index contributed by atoms with van der Waals surface area (Å²) in [6.45, 7) is 6.49. The van der Waals surface area contributed by atoms with Gasteiger partial charge in [0.15, 0.2) is 0 Å². The SMILES string of the molecule is CCCC\C=C/C=C/C=C\CCCCCCCCOC[C@@H](CO)OCCCCCCCC\C=C/C=C/C=C\CCCC. The van der Waals surface area contributed by atoms with Crippen LogP contribution in [0.2, 0.25) is 0 Å². The molecule has 0 fully saturated rings. The molecular formula is C39H68O3. The van der Waals surface area contributed by atoms with E-state index in [1.165, 1.54) is 116 Å². The molecule has 0 saturated carbocycles. The van der Waals surface area contributed by atoms with E-state index in [0.29, 0.717) is 6.61 Å². The number of allylic oxidation sites excluding steroid dienone is 12. The van der Waals surface area contributed by atoms with E-state index in [9.17, 15) is 5.11 Å². The van der Waals surface area contributed by atoms with Gasteiger partial charge in [-0.2, -0.15) is 0 Å². The smallest absolute Gasteiger partial charge is 0.104 e. The van der Waals surface area contributed by atoms with Crippen LogP contribution in [0.5, 0.6) is 0 Å². The van der Waals surface area contributed by atoms with Crippen LogP contribution in [0.3, 0.4) is 0 Å². The van der Waals surface area contributed by atoms with Gasteiger partial charge in [0.2, 0.25) is 0 Å². The lowest BCUT2D eigenvalue weighted by atomic mass is 10.1. The molecular weight excluding hydrogens is 516 g/mol. The average molecular weight is 585 g/mol. The maximum Gasteiger partial charge on any atom is 0.104 e. The van der Waals surface area contributed by atoms with Gasteiger partial charge in [-0.3, -0.25) is 0 Å². The minimum absolute atomic E-state index is 0.0394. The van der Waals surface area contributed by atoms with E-state index in [1.807, 2.05) is 0 Å². The normalized spacial score (nSPS) is 13.5. The number of hydrogen-bond donors (Lipinski definition) is 1. The summed E-state index contributed by atoms with van der Waals surface area (Å²) in [5.74, 6) is 0. The second-order valence-electron chi connectivity index (χ2n) is 11.3. The molecule has 1 N–H and O–H groups in total. The highest BCUT2D eigenvalue weighted by Crippen LogP contribution is 2.10. The van der Waals surface area contributed by atoms with Gasteiger partial charge in [0.1, 0.15) is 6.10 Å². The number of hydrogen-bond acceptors (Lipinski definition) is 3. The molecule has 0 aliphatic rings. The van der Waals surface area contributed by atoms with Gasteiger partial charge >= 0.3 is 0 Å². The quantitative estimate of drug-likeness (QED) is 0.0631. The molecule has 0 aromatic carbocycles. The molecule has 0 saturated heterocycles. The molecule has 0 aromatic heterocycles. The number of aliphatic hydroxyl groups excluding tert-OH is 1. The Morgan fingerprint density at radius 1 is 0.452 bits per heavy atom. The van der Waals surface area contributed by atoms with E-state index in [1.54, 1.807) is 0 Å². The first kappa shape index (κ1) is 40.3. The summed E-state index contributed by atoms with van der Waals surface area (Å²) in [6.07, 6.45) is 50.7. The number of rotatable bonds is 32. The summed E-state index contributed by atoms with van der Waals surface area (Å²) in [4.78, 5) is 0. The summed E-state index contributed by atoms with van der Waals surface area (Å²) >= 11 is 0. The van der Waals surface area contributed by atoms with Crippen LogP contribution in [0.15, 0.2) is 72.9 Å². The van der Waals surface area contributed by atoms with Gasteiger partial charge in [0, 0.05) is 13.2 Å². The Balaban J connectivity index is 3.44. The first-order valence-corrected chi connectivity index (χ1v) is 17.6. The zero-order chi connectivity index (χ0) is 30.4. The summed E-state index contributed by atoms with van der Waals surface area (Å²) < 4.78 is 11.6. The maximum atomic E-state index is 9.58. The van der Waals surface area contributed by atoms with Crippen molar-refractivity contribution in [1.82, 2.24) is 0 Å². The van der Waals surface area contributed by atoms with Crippen LogP contribution in [0.1, 0.15) is 142 Å². The van der Waals surface area contributed by atoms with Crippen molar-refractivity contribution in [1.29, 1.82) is 0 Å². The van der Waals surface area contributed by atoms with Crippen LogP contribution in [0.4, 0.5) is 0 Å². The molecule has 3 nitrogen and oxygen atoms in total. The van der Waals surface area contributed by atoms with E-state index in [2.05, 4.69) is 86.8 Å². The van der Waals surface area contributed by atoms with Crippen LogP contribution in [-0.4, -0.2) is 37.6 Å². The van der Waals surface area contributed by atoms with Crippen molar-refractivity contribution in [3.8, 4) is 0 Å². The van der Waals surface area contributed by atoms with Crippen molar-refractivity contribution in [2.24, 2.45) is 0 Å². The van der Waals surface area contributed by atoms with E-state index >= 15 is 0 Å². The van der Waals surface area contributed by atoms with Gasteiger partial charge in [-0.1, -0.05) is 164 Å². The summed E-state index contributed by atoms with van der Waals surface area (Å²) in [5, 5.41) is 9.58. The van der Waals surface area contributed by atoms with E-state index < -0.39 is 0 Å². The molecule has 0 heterocycles. The fraction of sp³-hybridized carbons (Fsp3) is 0.692. The van der Waals surface area contributed by atoms with Crippen molar-refractivity contribution < 1.29 is 14.6 Å². The predicted molar refractivity (Wildman–Crippen MR) is 186 cm³/mol. The van der Waals surface area contributed by atoms with Gasteiger partial charge in [-0.25, -0.2) is 0 Å². The first-order chi connectivity index (χ1) is 20.8. The van der Waals surface area contributed by atoms with Gasteiger partial charge in [0.05, 0.1) is 13.2 Å². The van der Waals surface area contributed by atoms with Gasteiger partial charge in [-0.15, -0.1) is 0 Å². The number of ether oxygens (including phenoxy) is 2. The molecule has 0 unspecified atom stereocenters. The molecule has 0 aromatic rings. The highest BCUT2D eigenvalue weighted by molar-refractivity contribution is 5.11. The van der Waals surface area contributed by atoms with Crippen LogP contribution >= 0.6 is 0 Å². The first-order valence-electron chi connectivity index (χ1n) is 17.6. The fourth-order valence-corrected chi connectivity index (χ4v) is 4.46. The second-order valence-corrected chi connectivity index (χ2v) is 11.3. The standard InChI is InChI=1S/C39H68O3/c1-3-5-7-9-11-13-15-17-19-21-23-25-27-29-31-33-35-41-38-39(37-40)42-36-34-32-30-28-26-24-22-20-18-16-14-12-10-8-6-4-2/h9-20,39-40H,3-8,21-38H2,1-2H3/b11-9-,12-10-,15-13+,16-14+,19-17-,20-18-/t39-/m1/s1. The van der Waals surface area contributed by atoms with Crippen molar-refractivity contribution >= 4 is 0 Å². The summed E-state index contributed by atoms with van der Waals surface area (Å²) in [5.41, 5.74) is 0. The van der Waals surface area contributed by atoms with Crippen molar-refractivity contribution in [3.63, 3.8) is 0 Å². The minimum atomic E-state index is -0.183. The number of unbranched alkanes of at least 4 members (excludes halogenated alkanes) is 16. The van der Waals surface area contributed by atoms with Gasteiger partial charge in [-0.05, 0) is 51.4 Å². The van der Waals surface area contributed by atoms with E-state index in [0.717, 1.165) is 26.1 Å². The Labute approximate surface area is 261 Å². The third kappa shape index (κ3) is 34.5. The Bertz CT molecular complexity index is 686. The highest BCUT2D eigenvalue weighted by atomic mass is 16.5. The van der Waals surface area contributed by atoms with Crippen LogP contribution < -0.4 is 0 Å². The molecule has 0 bridgehead atoms. The molecule has 242 valence electrons. The second kappa shape index (κ2) is 37.3. The monoisotopic (exact) mass is 585 g/mol. The Kier molecular flexibility index (Phi) is 35.9. The molecule has 1 atom stereocenters. The molecule has 0 radical (unpaired) electrons. The van der Waals surface area contributed by atoms with Crippen molar-refractivity contribution in [3.05, 3.63) is 72.9 Å². The largest absolute Gasteiger partial charge is 0.394 e. The minimum Gasteiger partial charge on any atom is -0.394 e. The molecule has 0 spiro atoms. The predicted octanol–water partition coefficient (Wildman–Crippen LogP) is 11.6. The van der Waals surface area contributed by atoms with Crippen LogP contribution in [0.25, 0.3) is 0 Å². The third-order valence-corrected chi connectivity index (χ3v) is 7.20. The topological polar surface area (TPSA) is 38.7 Å². The van der Waals surface area contributed by atoms with Crippen LogP contribution in [0, 0.1) is 0 Å². The maximum absolute atomic E-state index is 9.58. The highest BCUT2D eigenvalue weighted by Gasteiger charge is 2.07. The lowest BCUT2D eigenvalue weighted by Crippen LogP contribution is -2.24. The Hall–Kier alpha value is -1.68. The fourth-order valence-electron chi connectivity index (χ4n) is 4.46. The summed E-state index contributed by atoms with van der Waals surface area (Å²) in [6, 6.07) is 0. The third-order valence-electron chi connectivity index (χ3n) is 7.20. The molecule has 0 aliphatic carbocycles. The zero-order valence-electron chi connectivity index (χ0n) is 27.7. The van der Waals surface area contributed by atoms with Gasteiger partial charge in [0.25, 0.3) is 0 Å². The molecule has 42 heavy (non-hydrogen) atoms. The summed E-state index contributed by atoms with van der Waals surface area (Å²) in [7, 11) is 0. The van der Waals surface area contributed by atoms with Crippen LogP contribution in [-0.2, 0) is 9.47 Å². The molecule has 0 amide bonds. The molecule has 0 rings (SSSR count). The Morgan fingerprint density at radius 2 is 0.833 bits per heavy atom. The van der Waals surface area contributed by atoms with Crippen molar-refractivity contribution in [2.75, 3.05) is 26.4 Å². The van der Waals surface area contributed by atoms with E-state index in [-0.39, 0.29) is 12.7 Å². The van der Waals surface area contributed by atoms with E-state index in [4.69, 9.17) is 9.47 Å². The van der Waals surface area contributed by atoms with Gasteiger partial charge < -0.3 is 14.6 Å². The average Bonchev–Trinajstić information content (AvgIpc) is 3.00. The molecule has 3 heteroatoms. The zero-order valence-corrected chi connectivity index (χ0v) is 27.7.